The van der Waals surface area contributed by atoms with E-state index in [4.69, 9.17) is 4.74 Å². The van der Waals surface area contributed by atoms with Crippen LogP contribution in [-0.4, -0.2) is 38.4 Å². The van der Waals surface area contributed by atoms with Crippen molar-refractivity contribution in [2.24, 2.45) is 4.99 Å². The molecule has 2 rings (SSSR count). The van der Waals surface area contributed by atoms with E-state index in [9.17, 15) is 13.2 Å². The number of nitrogens with one attached hydrogen (secondary N) is 2. The topological polar surface area (TPSA) is 45.7 Å². The molecule has 26 heavy (non-hydrogen) atoms. The van der Waals surface area contributed by atoms with Crippen LogP contribution in [0.3, 0.4) is 0 Å². The average molecular weight is 481 g/mol. The second kappa shape index (κ2) is 11.1. The van der Waals surface area contributed by atoms with E-state index in [2.05, 4.69) is 15.6 Å². The van der Waals surface area contributed by atoms with Gasteiger partial charge in [-0.3, -0.25) is 4.99 Å². The van der Waals surface area contributed by atoms with E-state index in [-0.39, 0.29) is 30.5 Å². The summed E-state index contributed by atoms with van der Waals surface area (Å²) < 4.78 is 42.3. The fourth-order valence-corrected chi connectivity index (χ4v) is 2.29. The SMILES string of the molecule is CCNC(=NCCC(F)(F)F)NCCOc1cccc2ccccc12.I. The predicted octanol–water partition coefficient (Wildman–Crippen LogP) is 4.34. The predicted molar refractivity (Wildman–Crippen MR) is 110 cm³/mol. The maximum Gasteiger partial charge on any atom is 0.390 e. The lowest BCUT2D eigenvalue weighted by Crippen LogP contribution is -2.39. The minimum absolute atomic E-state index is 0. The number of benzene rings is 2. The van der Waals surface area contributed by atoms with E-state index < -0.39 is 12.6 Å². The Morgan fingerprint density at radius 1 is 1.08 bits per heavy atom. The van der Waals surface area contributed by atoms with Gasteiger partial charge in [0, 0.05) is 11.9 Å². The Kier molecular flexibility index (Phi) is 9.53. The molecule has 8 heteroatoms. The largest absolute Gasteiger partial charge is 0.491 e. The highest BCUT2D eigenvalue weighted by Crippen LogP contribution is 2.24. The molecule has 0 heterocycles. The first-order chi connectivity index (χ1) is 12.0. The molecule has 2 N–H and O–H groups in total. The number of aliphatic imine (C=N–C) groups is 1. The van der Waals surface area contributed by atoms with Crippen molar-refractivity contribution < 1.29 is 17.9 Å². The van der Waals surface area contributed by atoms with Crippen LogP contribution in [0.2, 0.25) is 0 Å². The summed E-state index contributed by atoms with van der Waals surface area (Å²) in [7, 11) is 0. The highest BCUT2D eigenvalue weighted by molar-refractivity contribution is 14.0. The molecule has 2 aromatic carbocycles. The first-order valence-corrected chi connectivity index (χ1v) is 8.19. The molecule has 0 saturated carbocycles. The van der Waals surface area contributed by atoms with E-state index in [0.717, 1.165) is 16.5 Å². The van der Waals surface area contributed by atoms with Gasteiger partial charge in [-0.1, -0.05) is 36.4 Å². The van der Waals surface area contributed by atoms with Crippen LogP contribution in [0.15, 0.2) is 47.5 Å². The van der Waals surface area contributed by atoms with Gasteiger partial charge < -0.3 is 15.4 Å². The summed E-state index contributed by atoms with van der Waals surface area (Å²) in [6, 6.07) is 13.7. The average Bonchev–Trinajstić information content (AvgIpc) is 2.57. The fourth-order valence-electron chi connectivity index (χ4n) is 2.29. The van der Waals surface area contributed by atoms with E-state index >= 15 is 0 Å². The van der Waals surface area contributed by atoms with Gasteiger partial charge in [0.25, 0.3) is 0 Å². The Morgan fingerprint density at radius 2 is 1.81 bits per heavy atom. The summed E-state index contributed by atoms with van der Waals surface area (Å²) in [6.07, 6.45) is -5.13. The van der Waals surface area contributed by atoms with Crippen LogP contribution in [0.1, 0.15) is 13.3 Å². The molecule has 0 aromatic heterocycles. The van der Waals surface area contributed by atoms with Crippen molar-refractivity contribution in [1.82, 2.24) is 10.6 Å². The number of rotatable bonds is 7. The highest BCUT2D eigenvalue weighted by atomic mass is 127. The van der Waals surface area contributed by atoms with E-state index in [1.807, 2.05) is 49.4 Å². The van der Waals surface area contributed by atoms with Crippen molar-refractivity contribution in [1.29, 1.82) is 0 Å². The molecule has 0 unspecified atom stereocenters. The lowest BCUT2D eigenvalue weighted by Gasteiger charge is -2.13. The third-order valence-electron chi connectivity index (χ3n) is 3.41. The Bertz CT molecular complexity index is 702. The van der Waals surface area contributed by atoms with Gasteiger partial charge >= 0.3 is 6.18 Å². The van der Waals surface area contributed by atoms with Gasteiger partial charge in [-0.25, -0.2) is 0 Å². The van der Waals surface area contributed by atoms with Gasteiger partial charge in [0.05, 0.1) is 19.5 Å². The number of fused-ring (bicyclic) bond motifs is 1. The van der Waals surface area contributed by atoms with Crippen molar-refractivity contribution in [2.45, 2.75) is 19.5 Å². The molecule has 144 valence electrons. The fraction of sp³-hybridized carbons (Fsp3) is 0.389. The summed E-state index contributed by atoms with van der Waals surface area (Å²) in [6.45, 7) is 2.93. The number of ether oxygens (including phenoxy) is 1. The summed E-state index contributed by atoms with van der Waals surface area (Å²) in [5.41, 5.74) is 0. The Balaban J connectivity index is 0.00000338. The molecule has 0 aliphatic carbocycles. The Hall–Kier alpha value is -1.71. The molecule has 0 atom stereocenters. The van der Waals surface area contributed by atoms with Crippen molar-refractivity contribution in [2.75, 3.05) is 26.2 Å². The van der Waals surface area contributed by atoms with Crippen LogP contribution in [0.4, 0.5) is 13.2 Å². The monoisotopic (exact) mass is 481 g/mol. The number of guanidine groups is 1. The zero-order chi connectivity index (χ0) is 18.1. The van der Waals surface area contributed by atoms with Crippen molar-refractivity contribution in [3.05, 3.63) is 42.5 Å². The number of alkyl halides is 3. The molecule has 2 aromatic rings. The number of hydrogen-bond acceptors (Lipinski definition) is 2. The summed E-state index contributed by atoms with van der Waals surface area (Å²) in [5.74, 6) is 1.13. The molecule has 4 nitrogen and oxygen atoms in total. The van der Waals surface area contributed by atoms with Gasteiger partial charge in [-0.05, 0) is 18.4 Å². The van der Waals surface area contributed by atoms with Crippen LogP contribution >= 0.6 is 24.0 Å². The molecular formula is C18H23F3IN3O. The quantitative estimate of drug-likeness (QED) is 0.268. The van der Waals surface area contributed by atoms with Gasteiger partial charge in [-0.2, -0.15) is 13.2 Å². The van der Waals surface area contributed by atoms with E-state index in [1.54, 1.807) is 0 Å². The Labute approximate surface area is 168 Å². The van der Waals surface area contributed by atoms with Crippen molar-refractivity contribution in [3.8, 4) is 5.75 Å². The minimum Gasteiger partial charge on any atom is -0.491 e. The van der Waals surface area contributed by atoms with Crippen LogP contribution < -0.4 is 15.4 Å². The third kappa shape index (κ3) is 7.67. The van der Waals surface area contributed by atoms with Crippen LogP contribution in [0.25, 0.3) is 10.8 Å². The molecule has 0 aliphatic heterocycles. The normalized spacial score (nSPS) is 11.8. The molecule has 0 spiro atoms. The first-order valence-electron chi connectivity index (χ1n) is 8.19. The maximum absolute atomic E-state index is 12.2. The maximum atomic E-state index is 12.2. The van der Waals surface area contributed by atoms with Crippen molar-refractivity contribution in [3.63, 3.8) is 0 Å². The number of nitrogens with zero attached hydrogens (tertiary/aromatic N) is 1. The standard InChI is InChI=1S/C18H22F3N3O.HI/c1-2-22-17(23-11-10-18(19,20)21)24-12-13-25-16-9-5-7-14-6-3-4-8-15(14)16;/h3-9H,2,10-13H2,1H3,(H2,22,23,24);1H. The molecule has 0 aliphatic rings. The lowest BCUT2D eigenvalue weighted by atomic mass is 10.1. The zero-order valence-corrected chi connectivity index (χ0v) is 16.8. The molecule has 0 amide bonds. The highest BCUT2D eigenvalue weighted by Gasteiger charge is 2.26. The van der Waals surface area contributed by atoms with E-state index in [0.29, 0.717) is 25.7 Å². The van der Waals surface area contributed by atoms with Gasteiger partial charge in [-0.15, -0.1) is 24.0 Å². The van der Waals surface area contributed by atoms with Crippen molar-refractivity contribution >= 4 is 40.7 Å². The van der Waals surface area contributed by atoms with Gasteiger partial charge in [0.1, 0.15) is 12.4 Å². The molecule has 0 saturated heterocycles. The molecule has 0 bridgehead atoms. The second-order valence-electron chi connectivity index (χ2n) is 5.38. The van der Waals surface area contributed by atoms with Crippen LogP contribution in [0, 0.1) is 0 Å². The first kappa shape index (κ1) is 22.3. The third-order valence-corrected chi connectivity index (χ3v) is 3.41. The zero-order valence-electron chi connectivity index (χ0n) is 14.5. The number of hydrogen-bond donors (Lipinski definition) is 2. The summed E-state index contributed by atoms with van der Waals surface area (Å²) in [5, 5.41) is 8.00. The summed E-state index contributed by atoms with van der Waals surface area (Å²) in [4.78, 5) is 3.91. The van der Waals surface area contributed by atoms with E-state index in [1.165, 1.54) is 0 Å². The number of halogens is 4. The molecular weight excluding hydrogens is 458 g/mol. The summed E-state index contributed by atoms with van der Waals surface area (Å²) >= 11 is 0. The van der Waals surface area contributed by atoms with Gasteiger partial charge in [0.2, 0.25) is 0 Å². The second-order valence-corrected chi connectivity index (χ2v) is 5.38. The Morgan fingerprint density at radius 3 is 2.54 bits per heavy atom. The molecule has 0 radical (unpaired) electrons. The minimum atomic E-state index is -4.20. The van der Waals surface area contributed by atoms with Gasteiger partial charge in [0.15, 0.2) is 5.96 Å². The smallest absolute Gasteiger partial charge is 0.390 e. The lowest BCUT2D eigenvalue weighted by molar-refractivity contribution is -0.132. The van der Waals surface area contributed by atoms with Crippen LogP contribution in [-0.2, 0) is 0 Å². The van der Waals surface area contributed by atoms with Crippen LogP contribution in [0.5, 0.6) is 5.75 Å². The molecule has 0 fully saturated rings.